The summed E-state index contributed by atoms with van der Waals surface area (Å²) in [6.07, 6.45) is 1.55. The largest absolute Gasteiger partial charge is 0.365 e. The Labute approximate surface area is 79.7 Å². The molecule has 0 aromatic rings. The fourth-order valence-corrected chi connectivity index (χ4v) is 2.06. The minimum Gasteiger partial charge on any atom is -0.365 e. The van der Waals surface area contributed by atoms with Crippen LogP contribution < -0.4 is 5.32 Å². The lowest BCUT2D eigenvalue weighted by Crippen LogP contribution is -2.35. The van der Waals surface area contributed by atoms with Crippen LogP contribution in [0, 0.1) is 10.1 Å². The highest BCUT2D eigenvalue weighted by Gasteiger charge is 2.21. The molecule has 72 valence electrons. The number of nitrogens with zero attached hydrogens (tertiary/aromatic N) is 1. The quantitative estimate of drug-likeness (QED) is 0.528. The summed E-state index contributed by atoms with van der Waals surface area (Å²) in [6, 6.07) is 0. The van der Waals surface area contributed by atoms with Gasteiger partial charge in [0.15, 0.2) is 5.78 Å². The van der Waals surface area contributed by atoms with Crippen molar-refractivity contribution in [2.24, 2.45) is 0 Å². The van der Waals surface area contributed by atoms with Crippen LogP contribution in [-0.2, 0) is 4.79 Å². The number of nitrogens with one attached hydrogen (secondary N) is 1. The highest BCUT2D eigenvalue weighted by atomic mass is 32.2. The van der Waals surface area contributed by atoms with E-state index in [-0.39, 0.29) is 11.2 Å². The Morgan fingerprint density at radius 1 is 1.85 bits per heavy atom. The number of ketones is 1. The average molecular weight is 202 g/mol. The number of hydrogen-bond donors (Lipinski definition) is 1. The molecule has 5 nitrogen and oxygen atoms in total. The van der Waals surface area contributed by atoms with Gasteiger partial charge >= 0.3 is 0 Å². The molecule has 0 amide bonds. The van der Waals surface area contributed by atoms with Gasteiger partial charge in [-0.1, -0.05) is 0 Å². The van der Waals surface area contributed by atoms with Crippen molar-refractivity contribution in [2.75, 3.05) is 5.75 Å². The van der Waals surface area contributed by atoms with Crippen LogP contribution in [0.25, 0.3) is 0 Å². The van der Waals surface area contributed by atoms with Crippen LogP contribution in [0.5, 0.6) is 0 Å². The number of carbonyl (C=O) groups is 1. The molecule has 1 atom stereocenters. The lowest BCUT2D eigenvalue weighted by molar-refractivity contribution is -0.403. The number of rotatable bonds is 2. The molecule has 0 saturated carbocycles. The summed E-state index contributed by atoms with van der Waals surface area (Å²) in [6.45, 7) is 1.47. The summed E-state index contributed by atoms with van der Waals surface area (Å²) in [5, 5.41) is 12.6. The number of nitro groups is 1. The topological polar surface area (TPSA) is 72.2 Å². The van der Waals surface area contributed by atoms with Gasteiger partial charge in [-0.05, 0) is 6.92 Å². The van der Waals surface area contributed by atoms with Crippen LogP contribution in [0.2, 0.25) is 0 Å². The Morgan fingerprint density at radius 3 is 3.08 bits per heavy atom. The average Bonchev–Trinajstić information content (AvgIpc) is 2.03. The van der Waals surface area contributed by atoms with Crippen molar-refractivity contribution in [2.45, 2.75) is 18.7 Å². The van der Waals surface area contributed by atoms with Crippen LogP contribution in [0.4, 0.5) is 0 Å². The van der Waals surface area contributed by atoms with Gasteiger partial charge in [0, 0.05) is 12.2 Å². The molecule has 1 unspecified atom stereocenters. The van der Waals surface area contributed by atoms with E-state index < -0.39 is 4.92 Å². The zero-order valence-corrected chi connectivity index (χ0v) is 7.97. The molecule has 0 aromatic heterocycles. The minimum absolute atomic E-state index is 0.000974. The van der Waals surface area contributed by atoms with E-state index >= 15 is 0 Å². The van der Waals surface area contributed by atoms with Crippen LogP contribution in [0.1, 0.15) is 13.3 Å². The monoisotopic (exact) mass is 202 g/mol. The molecule has 13 heavy (non-hydrogen) atoms. The summed E-state index contributed by atoms with van der Waals surface area (Å²) >= 11 is 1.48. The smallest absolute Gasteiger partial charge is 0.253 e. The molecule has 6 heteroatoms. The summed E-state index contributed by atoms with van der Waals surface area (Å²) in [4.78, 5) is 20.6. The third kappa shape index (κ3) is 3.06. The van der Waals surface area contributed by atoms with E-state index in [0.717, 1.165) is 12.0 Å². The predicted molar refractivity (Wildman–Crippen MR) is 49.8 cm³/mol. The van der Waals surface area contributed by atoms with Crippen molar-refractivity contribution < 1.29 is 9.72 Å². The molecule has 1 aliphatic rings. The molecule has 0 aliphatic carbocycles. The van der Waals surface area contributed by atoms with Crippen molar-refractivity contribution in [3.05, 3.63) is 22.0 Å². The second kappa shape index (κ2) is 4.27. The van der Waals surface area contributed by atoms with Crippen molar-refractivity contribution in [1.29, 1.82) is 0 Å². The fraction of sp³-hybridized carbons (Fsp3) is 0.571. The van der Waals surface area contributed by atoms with Gasteiger partial charge in [0.2, 0.25) is 0 Å². The number of Topliss-reactive ketones (excluding diaryl/α,β-unsaturated/α-hetero) is 1. The lowest BCUT2D eigenvalue weighted by Gasteiger charge is -2.22. The van der Waals surface area contributed by atoms with Crippen LogP contribution in [0.3, 0.4) is 0 Å². The molecular formula is C7H10N2O3S. The van der Waals surface area contributed by atoms with Crippen LogP contribution >= 0.6 is 11.8 Å². The Balaban J connectivity index is 2.61. The van der Waals surface area contributed by atoms with E-state index in [9.17, 15) is 14.9 Å². The van der Waals surface area contributed by atoms with Gasteiger partial charge in [0.1, 0.15) is 5.37 Å². The van der Waals surface area contributed by atoms with Crippen molar-refractivity contribution in [3.63, 3.8) is 0 Å². The summed E-state index contributed by atoms with van der Waals surface area (Å²) < 4.78 is 0. The van der Waals surface area contributed by atoms with Gasteiger partial charge in [-0.15, -0.1) is 11.8 Å². The molecule has 0 spiro atoms. The second-order valence-corrected chi connectivity index (χ2v) is 3.91. The van der Waals surface area contributed by atoms with Crippen molar-refractivity contribution in [1.82, 2.24) is 5.32 Å². The predicted octanol–water partition coefficient (Wildman–Crippen LogP) is 0.746. The van der Waals surface area contributed by atoms with Crippen molar-refractivity contribution >= 4 is 17.5 Å². The van der Waals surface area contributed by atoms with E-state index in [0.29, 0.717) is 12.1 Å². The zero-order valence-electron chi connectivity index (χ0n) is 7.15. The number of carbonyl (C=O) groups excluding carboxylic acids is 1. The Morgan fingerprint density at radius 2 is 2.54 bits per heavy atom. The fourth-order valence-electron chi connectivity index (χ4n) is 1.02. The number of hydrogen-bond acceptors (Lipinski definition) is 5. The maximum absolute atomic E-state index is 10.9. The molecule has 0 radical (unpaired) electrons. The second-order valence-electron chi connectivity index (χ2n) is 2.70. The highest BCUT2D eigenvalue weighted by molar-refractivity contribution is 8.00. The summed E-state index contributed by atoms with van der Waals surface area (Å²) in [5.74, 6) is 0.746. The van der Waals surface area contributed by atoms with E-state index in [4.69, 9.17) is 0 Å². The summed E-state index contributed by atoms with van der Waals surface area (Å²) in [7, 11) is 0. The molecule has 1 heterocycles. The van der Waals surface area contributed by atoms with E-state index in [1.807, 2.05) is 0 Å². The first-order chi connectivity index (χ1) is 6.09. The van der Waals surface area contributed by atoms with Gasteiger partial charge in [0.25, 0.3) is 6.20 Å². The SMILES string of the molecule is CC(=O)C1NC(=C[N+](=O)[O-])CCS1. The molecular weight excluding hydrogens is 192 g/mol. The van der Waals surface area contributed by atoms with Gasteiger partial charge in [-0.3, -0.25) is 14.9 Å². The Kier molecular flexibility index (Phi) is 3.30. The molecule has 1 fully saturated rings. The highest BCUT2D eigenvalue weighted by Crippen LogP contribution is 2.20. The standard InChI is InChI=1S/C7H10N2O3S/c1-5(10)7-8-6(2-3-13-7)4-9(11)12/h4,7-8H,2-3H2,1H3. The maximum atomic E-state index is 10.9. The number of thioether (sulfide) groups is 1. The van der Waals surface area contributed by atoms with E-state index in [1.165, 1.54) is 18.7 Å². The first-order valence-electron chi connectivity index (χ1n) is 3.82. The van der Waals surface area contributed by atoms with Gasteiger partial charge in [-0.2, -0.15) is 0 Å². The normalized spacial score (nSPS) is 25.3. The minimum atomic E-state index is -0.504. The summed E-state index contributed by atoms with van der Waals surface area (Å²) in [5.41, 5.74) is 0.531. The molecule has 0 aromatic carbocycles. The first-order valence-corrected chi connectivity index (χ1v) is 4.87. The molecule has 1 aliphatic heterocycles. The molecule has 0 bridgehead atoms. The maximum Gasteiger partial charge on any atom is 0.253 e. The van der Waals surface area contributed by atoms with E-state index in [1.54, 1.807) is 0 Å². The third-order valence-electron chi connectivity index (χ3n) is 1.60. The van der Waals surface area contributed by atoms with Crippen LogP contribution in [0.15, 0.2) is 11.9 Å². The Hall–Kier alpha value is -1.04. The molecule has 1 N–H and O–H groups in total. The van der Waals surface area contributed by atoms with Gasteiger partial charge in [0.05, 0.1) is 10.6 Å². The van der Waals surface area contributed by atoms with Crippen molar-refractivity contribution in [3.8, 4) is 0 Å². The van der Waals surface area contributed by atoms with Gasteiger partial charge < -0.3 is 5.32 Å². The van der Waals surface area contributed by atoms with Gasteiger partial charge in [-0.25, -0.2) is 0 Å². The first kappa shape index (κ1) is 10.0. The molecule has 1 saturated heterocycles. The van der Waals surface area contributed by atoms with E-state index in [2.05, 4.69) is 5.32 Å². The third-order valence-corrected chi connectivity index (χ3v) is 2.83. The number of allylic oxidation sites excluding steroid dienone is 1. The lowest BCUT2D eigenvalue weighted by atomic mass is 10.3. The van der Waals surface area contributed by atoms with Crippen LogP contribution in [-0.4, -0.2) is 21.8 Å². The zero-order chi connectivity index (χ0) is 9.84. The Bertz CT molecular complexity index is 264. The molecule has 1 rings (SSSR count).